The third kappa shape index (κ3) is 4.76. The van der Waals surface area contributed by atoms with Crippen LogP contribution in [0.1, 0.15) is 60.8 Å². The molecule has 1 aliphatic carbocycles. The molecule has 0 saturated heterocycles. The highest BCUT2D eigenvalue weighted by atomic mass is 79.9. The molecule has 6 nitrogen and oxygen atoms in total. The molecule has 1 atom stereocenters. The summed E-state index contributed by atoms with van der Waals surface area (Å²) in [6.07, 6.45) is 3.52. The predicted octanol–water partition coefficient (Wildman–Crippen LogP) is 6.39. The average Bonchev–Trinajstić information content (AvgIpc) is 3.24. The smallest absolute Gasteiger partial charge is 0.308 e. The number of benzene rings is 1. The number of ether oxygens (including phenoxy) is 2. The lowest BCUT2D eigenvalue weighted by Crippen LogP contribution is -2.22. The van der Waals surface area contributed by atoms with Gasteiger partial charge in [-0.05, 0) is 79.1 Å². The number of hydrogen-bond acceptors (Lipinski definition) is 7. The Labute approximate surface area is 200 Å². The van der Waals surface area contributed by atoms with E-state index in [0.717, 1.165) is 58.2 Å². The number of carbonyl (C=O) groups excluding carboxylic acids is 1. The lowest BCUT2D eigenvalue weighted by Gasteiger charge is -2.28. The summed E-state index contributed by atoms with van der Waals surface area (Å²) in [5.74, 6) is 2.62. The maximum atomic E-state index is 11.9. The molecule has 0 bridgehead atoms. The molecule has 3 aromatic rings. The number of hydrogen-bond donors (Lipinski definition) is 1. The van der Waals surface area contributed by atoms with Crippen molar-refractivity contribution in [2.75, 3.05) is 19.5 Å². The standard InChI is InChI=1S/C24H28BrN3O3S/c1-13(22-9-17(25)12-32-22)26-23-19-10-18(15-5-7-16(8-6-15)24(29)31-4)21(30-3)11-20(19)27-14(2)28-23/h9-13,15-16H,5-8H2,1-4H3,(H,26,27,28)/t13-,15-,16-/m1/s1. The largest absolute Gasteiger partial charge is 0.496 e. The fourth-order valence-electron chi connectivity index (χ4n) is 4.53. The second-order valence-corrected chi connectivity index (χ2v) is 10.2. The first-order chi connectivity index (χ1) is 15.4. The molecule has 4 rings (SSSR count). The van der Waals surface area contributed by atoms with E-state index in [1.54, 1.807) is 18.4 Å². The van der Waals surface area contributed by atoms with Gasteiger partial charge in [-0.1, -0.05) is 0 Å². The lowest BCUT2D eigenvalue weighted by atomic mass is 9.78. The van der Waals surface area contributed by atoms with Crippen molar-refractivity contribution in [2.45, 2.75) is 51.5 Å². The van der Waals surface area contributed by atoms with E-state index in [4.69, 9.17) is 14.5 Å². The van der Waals surface area contributed by atoms with Crippen molar-refractivity contribution in [3.63, 3.8) is 0 Å². The summed E-state index contributed by atoms with van der Waals surface area (Å²) in [4.78, 5) is 22.6. The highest BCUT2D eigenvalue weighted by Crippen LogP contribution is 2.42. The Kier molecular flexibility index (Phi) is 7.00. The summed E-state index contributed by atoms with van der Waals surface area (Å²) in [6.45, 7) is 4.05. The monoisotopic (exact) mass is 517 g/mol. The van der Waals surface area contributed by atoms with Gasteiger partial charge in [-0.25, -0.2) is 9.97 Å². The van der Waals surface area contributed by atoms with Gasteiger partial charge in [0, 0.05) is 26.2 Å². The van der Waals surface area contributed by atoms with Crippen LogP contribution in [0.3, 0.4) is 0 Å². The molecule has 1 saturated carbocycles. The fraction of sp³-hybridized carbons (Fsp3) is 0.458. The van der Waals surface area contributed by atoms with E-state index in [0.29, 0.717) is 11.7 Å². The molecule has 170 valence electrons. The minimum atomic E-state index is -0.0986. The van der Waals surface area contributed by atoms with Crippen LogP contribution in [0.4, 0.5) is 5.82 Å². The normalized spacial score (nSPS) is 19.5. The van der Waals surface area contributed by atoms with E-state index < -0.39 is 0 Å². The molecule has 1 aliphatic rings. The van der Waals surface area contributed by atoms with Crippen LogP contribution in [-0.2, 0) is 9.53 Å². The van der Waals surface area contributed by atoms with Crippen LogP contribution in [0.5, 0.6) is 5.75 Å². The van der Waals surface area contributed by atoms with Gasteiger partial charge in [-0.15, -0.1) is 11.3 Å². The second-order valence-electron chi connectivity index (χ2n) is 8.34. The van der Waals surface area contributed by atoms with Crippen LogP contribution in [0.25, 0.3) is 10.9 Å². The molecule has 2 heterocycles. The fourth-order valence-corrected chi connectivity index (χ4v) is 5.99. The Morgan fingerprint density at radius 1 is 1.19 bits per heavy atom. The topological polar surface area (TPSA) is 73.3 Å². The number of methoxy groups -OCH3 is 2. The van der Waals surface area contributed by atoms with E-state index in [9.17, 15) is 4.79 Å². The highest BCUT2D eigenvalue weighted by molar-refractivity contribution is 9.10. The van der Waals surface area contributed by atoms with Gasteiger partial charge < -0.3 is 14.8 Å². The number of thiophene rings is 1. The molecular formula is C24H28BrN3O3S. The van der Waals surface area contributed by atoms with E-state index in [1.165, 1.54) is 12.0 Å². The Hall–Kier alpha value is -2.19. The van der Waals surface area contributed by atoms with Crippen LogP contribution in [-0.4, -0.2) is 30.2 Å². The van der Waals surface area contributed by atoms with Crippen molar-refractivity contribution in [1.82, 2.24) is 9.97 Å². The molecule has 0 unspecified atom stereocenters. The number of rotatable bonds is 6. The molecule has 8 heteroatoms. The summed E-state index contributed by atoms with van der Waals surface area (Å²) in [7, 11) is 3.17. The number of nitrogens with one attached hydrogen (secondary N) is 1. The van der Waals surface area contributed by atoms with E-state index in [1.807, 2.05) is 13.0 Å². The first-order valence-electron chi connectivity index (χ1n) is 10.8. The minimum absolute atomic E-state index is 0.00289. The Bertz CT molecular complexity index is 1130. The van der Waals surface area contributed by atoms with E-state index in [-0.39, 0.29) is 17.9 Å². The third-order valence-electron chi connectivity index (χ3n) is 6.23. The zero-order valence-corrected chi connectivity index (χ0v) is 21.2. The molecule has 0 amide bonds. The molecule has 2 aromatic heterocycles. The van der Waals surface area contributed by atoms with Crippen LogP contribution >= 0.6 is 27.3 Å². The predicted molar refractivity (Wildman–Crippen MR) is 132 cm³/mol. The van der Waals surface area contributed by atoms with Crippen molar-refractivity contribution >= 4 is 50.0 Å². The van der Waals surface area contributed by atoms with Gasteiger partial charge >= 0.3 is 5.97 Å². The van der Waals surface area contributed by atoms with Gasteiger partial charge in [-0.3, -0.25) is 4.79 Å². The summed E-state index contributed by atoms with van der Waals surface area (Å²) in [5, 5.41) is 6.67. The number of halogens is 1. The quantitative estimate of drug-likeness (QED) is 0.381. The summed E-state index contributed by atoms with van der Waals surface area (Å²) >= 11 is 5.25. The number of anilines is 1. The summed E-state index contributed by atoms with van der Waals surface area (Å²) in [6, 6.07) is 6.44. The summed E-state index contributed by atoms with van der Waals surface area (Å²) < 4.78 is 11.8. The zero-order valence-electron chi connectivity index (χ0n) is 18.8. The van der Waals surface area contributed by atoms with E-state index >= 15 is 0 Å². The van der Waals surface area contributed by atoms with Crippen molar-refractivity contribution < 1.29 is 14.3 Å². The lowest BCUT2D eigenvalue weighted by molar-refractivity contribution is -0.146. The number of fused-ring (bicyclic) bond motifs is 1. The second kappa shape index (κ2) is 9.75. The molecule has 1 fully saturated rings. The van der Waals surface area contributed by atoms with Gasteiger partial charge in [0.2, 0.25) is 0 Å². The van der Waals surface area contributed by atoms with Gasteiger partial charge in [-0.2, -0.15) is 0 Å². The molecule has 1 aromatic carbocycles. The maximum Gasteiger partial charge on any atom is 0.308 e. The van der Waals surface area contributed by atoms with Crippen LogP contribution in [0.2, 0.25) is 0 Å². The van der Waals surface area contributed by atoms with Gasteiger partial charge in [0.1, 0.15) is 17.4 Å². The van der Waals surface area contributed by atoms with E-state index in [2.05, 4.69) is 50.7 Å². The van der Waals surface area contributed by atoms with Crippen LogP contribution < -0.4 is 10.1 Å². The molecular weight excluding hydrogens is 490 g/mol. The van der Waals surface area contributed by atoms with Crippen LogP contribution in [0, 0.1) is 12.8 Å². The zero-order chi connectivity index (χ0) is 22.8. The van der Waals surface area contributed by atoms with Crippen molar-refractivity contribution in [3.8, 4) is 5.75 Å². The maximum absolute atomic E-state index is 11.9. The minimum Gasteiger partial charge on any atom is -0.496 e. The van der Waals surface area contributed by atoms with Gasteiger partial charge in [0.15, 0.2) is 0 Å². The first-order valence-corrected chi connectivity index (χ1v) is 12.5. The molecule has 0 spiro atoms. The number of aryl methyl sites for hydroxylation is 1. The summed E-state index contributed by atoms with van der Waals surface area (Å²) in [5.41, 5.74) is 2.02. The van der Waals surface area contributed by atoms with Crippen molar-refractivity contribution in [1.29, 1.82) is 0 Å². The molecule has 32 heavy (non-hydrogen) atoms. The number of nitrogens with zero attached hydrogens (tertiary/aromatic N) is 2. The van der Waals surface area contributed by atoms with Crippen molar-refractivity contribution in [2.24, 2.45) is 5.92 Å². The average molecular weight is 518 g/mol. The Morgan fingerprint density at radius 2 is 1.94 bits per heavy atom. The SMILES string of the molecule is COc1cc2nc(C)nc(N[C@H](C)c3cc(Br)cs3)c2cc1[C@H]1CC[C@H](C(=O)OC)CC1. The third-order valence-corrected chi connectivity index (χ3v) is 8.10. The molecule has 0 radical (unpaired) electrons. The number of esters is 1. The van der Waals surface area contributed by atoms with Gasteiger partial charge in [0.05, 0.1) is 31.7 Å². The highest BCUT2D eigenvalue weighted by Gasteiger charge is 2.29. The Morgan fingerprint density at radius 3 is 2.56 bits per heavy atom. The first kappa shape index (κ1) is 23.0. The molecule has 0 aliphatic heterocycles. The van der Waals surface area contributed by atoms with Crippen LogP contribution in [0.15, 0.2) is 28.1 Å². The Balaban J connectivity index is 1.68. The van der Waals surface area contributed by atoms with Gasteiger partial charge in [0.25, 0.3) is 0 Å². The number of carbonyl (C=O) groups is 1. The van der Waals surface area contributed by atoms with Crippen molar-refractivity contribution in [3.05, 3.63) is 44.3 Å². The molecule has 1 N–H and O–H groups in total. The number of aromatic nitrogens is 2.